The number of nitrogens with one attached hydrogen (secondary N) is 1. The first-order valence-electron chi connectivity index (χ1n) is 8.09. The molecule has 0 bridgehead atoms. The average Bonchev–Trinajstić information content (AvgIpc) is 2.91. The van der Waals surface area contributed by atoms with Gasteiger partial charge >= 0.3 is 5.97 Å². The number of aryl methyl sites for hydroxylation is 3. The van der Waals surface area contributed by atoms with Crippen LogP contribution in [0.3, 0.4) is 0 Å². The van der Waals surface area contributed by atoms with Gasteiger partial charge in [-0.1, -0.05) is 31.5 Å². The normalized spacial score (nSPS) is 11.8. The van der Waals surface area contributed by atoms with Crippen molar-refractivity contribution in [2.24, 2.45) is 0 Å². The lowest BCUT2D eigenvalue weighted by atomic mass is 10.1. The molecule has 24 heavy (non-hydrogen) atoms. The summed E-state index contributed by atoms with van der Waals surface area (Å²) in [7, 11) is 0. The van der Waals surface area contributed by atoms with Gasteiger partial charge in [0, 0.05) is 10.6 Å². The van der Waals surface area contributed by atoms with E-state index in [-0.39, 0.29) is 5.91 Å². The van der Waals surface area contributed by atoms with Crippen LogP contribution in [0.5, 0.6) is 0 Å². The number of rotatable bonds is 6. The lowest BCUT2D eigenvalue weighted by Crippen LogP contribution is -2.30. The summed E-state index contributed by atoms with van der Waals surface area (Å²) < 4.78 is 5.32. The number of benzene rings is 1. The van der Waals surface area contributed by atoms with E-state index in [4.69, 9.17) is 4.74 Å². The first-order valence-corrected chi connectivity index (χ1v) is 8.90. The fourth-order valence-corrected chi connectivity index (χ4v) is 3.31. The second-order valence-corrected chi connectivity index (χ2v) is 7.05. The Bertz CT molecular complexity index is 736. The molecule has 0 spiro atoms. The van der Waals surface area contributed by atoms with Gasteiger partial charge in [-0.25, -0.2) is 4.79 Å². The summed E-state index contributed by atoms with van der Waals surface area (Å²) in [6.45, 7) is 7.60. The van der Waals surface area contributed by atoms with Crippen molar-refractivity contribution in [3.63, 3.8) is 0 Å². The average molecular weight is 345 g/mol. The topological polar surface area (TPSA) is 55.4 Å². The molecule has 0 saturated heterocycles. The van der Waals surface area contributed by atoms with Crippen molar-refractivity contribution in [1.82, 2.24) is 0 Å². The molecule has 1 atom stereocenters. The predicted octanol–water partition coefficient (Wildman–Crippen LogP) is 4.50. The second kappa shape index (κ2) is 8.11. The first-order chi connectivity index (χ1) is 11.4. The molecule has 4 nitrogen and oxygen atoms in total. The molecule has 0 radical (unpaired) electrons. The quantitative estimate of drug-likeness (QED) is 0.784. The summed E-state index contributed by atoms with van der Waals surface area (Å²) in [5.74, 6) is -0.780. The Balaban J connectivity index is 1.99. The van der Waals surface area contributed by atoms with Crippen LogP contribution in [0.25, 0.3) is 0 Å². The van der Waals surface area contributed by atoms with Gasteiger partial charge in [0.05, 0.1) is 0 Å². The van der Waals surface area contributed by atoms with Gasteiger partial charge in [0.25, 0.3) is 5.91 Å². The van der Waals surface area contributed by atoms with Crippen molar-refractivity contribution >= 4 is 28.9 Å². The molecular weight excluding hydrogens is 322 g/mol. The molecule has 0 aliphatic heterocycles. The Labute approximate surface area is 146 Å². The standard InChI is InChI=1S/C19H23NO3S/c1-5-8-15-11-17(24-14(15)4)19(22)23-13(3)18(21)20-16-10-7-6-9-12(16)2/h6-7,9-11,13H,5,8H2,1-4H3,(H,20,21). The van der Waals surface area contributed by atoms with E-state index >= 15 is 0 Å². The van der Waals surface area contributed by atoms with Crippen LogP contribution in [-0.2, 0) is 16.0 Å². The Morgan fingerprint density at radius 1 is 1.25 bits per heavy atom. The largest absolute Gasteiger partial charge is 0.448 e. The molecule has 1 heterocycles. The van der Waals surface area contributed by atoms with E-state index < -0.39 is 12.1 Å². The minimum absolute atomic E-state index is 0.334. The number of carbonyl (C=O) groups excluding carboxylic acids is 2. The molecule has 1 unspecified atom stereocenters. The second-order valence-electron chi connectivity index (χ2n) is 5.79. The summed E-state index contributed by atoms with van der Waals surface area (Å²) in [5.41, 5.74) is 2.86. The predicted molar refractivity (Wildman–Crippen MR) is 97.7 cm³/mol. The van der Waals surface area contributed by atoms with Crippen LogP contribution in [0.1, 0.15) is 45.9 Å². The van der Waals surface area contributed by atoms with E-state index in [9.17, 15) is 9.59 Å². The minimum Gasteiger partial charge on any atom is -0.448 e. The van der Waals surface area contributed by atoms with Crippen LogP contribution in [0.15, 0.2) is 30.3 Å². The fraction of sp³-hybridized carbons (Fsp3) is 0.368. The van der Waals surface area contributed by atoms with Crippen molar-refractivity contribution in [1.29, 1.82) is 0 Å². The third kappa shape index (κ3) is 4.45. The SMILES string of the molecule is CCCc1cc(C(=O)OC(C)C(=O)Nc2ccccc2C)sc1C. The van der Waals surface area contributed by atoms with Crippen molar-refractivity contribution in [3.8, 4) is 0 Å². The Kier molecular flexibility index (Phi) is 6.15. The van der Waals surface area contributed by atoms with Gasteiger partial charge in [0.15, 0.2) is 6.10 Å². The lowest BCUT2D eigenvalue weighted by Gasteiger charge is -2.14. The van der Waals surface area contributed by atoms with Gasteiger partial charge in [-0.2, -0.15) is 0 Å². The highest BCUT2D eigenvalue weighted by Gasteiger charge is 2.21. The zero-order chi connectivity index (χ0) is 17.7. The summed E-state index contributed by atoms with van der Waals surface area (Å²) in [4.78, 5) is 26.2. The highest BCUT2D eigenvalue weighted by atomic mass is 32.1. The fourth-order valence-electron chi connectivity index (χ4n) is 2.36. The maximum Gasteiger partial charge on any atom is 0.349 e. The van der Waals surface area contributed by atoms with E-state index in [0.717, 1.165) is 29.0 Å². The molecule has 2 rings (SSSR count). The van der Waals surface area contributed by atoms with Crippen LogP contribution in [0, 0.1) is 13.8 Å². The van der Waals surface area contributed by atoms with Crippen LogP contribution >= 0.6 is 11.3 Å². The minimum atomic E-state index is -0.853. The van der Waals surface area contributed by atoms with Gasteiger partial charge < -0.3 is 10.1 Å². The molecule has 5 heteroatoms. The monoisotopic (exact) mass is 345 g/mol. The molecule has 128 valence electrons. The number of ether oxygens (including phenoxy) is 1. The van der Waals surface area contributed by atoms with Gasteiger partial charge in [-0.15, -0.1) is 11.3 Å². The molecule has 0 fully saturated rings. The van der Waals surface area contributed by atoms with Gasteiger partial charge in [-0.05, 0) is 50.5 Å². The van der Waals surface area contributed by atoms with Crippen LogP contribution in [-0.4, -0.2) is 18.0 Å². The maximum absolute atomic E-state index is 12.3. The molecule has 2 aromatic rings. The van der Waals surface area contributed by atoms with E-state index in [0.29, 0.717) is 4.88 Å². The van der Waals surface area contributed by atoms with E-state index in [1.165, 1.54) is 16.9 Å². The van der Waals surface area contributed by atoms with Gasteiger partial charge in [0.2, 0.25) is 0 Å². The van der Waals surface area contributed by atoms with Crippen molar-refractivity contribution < 1.29 is 14.3 Å². The number of thiophene rings is 1. The third-order valence-corrected chi connectivity index (χ3v) is 4.87. The highest BCUT2D eigenvalue weighted by Crippen LogP contribution is 2.24. The number of esters is 1. The maximum atomic E-state index is 12.3. The van der Waals surface area contributed by atoms with E-state index in [1.807, 2.05) is 44.2 Å². The molecule has 0 aliphatic rings. The first kappa shape index (κ1) is 18.2. The van der Waals surface area contributed by atoms with Crippen molar-refractivity contribution in [2.45, 2.75) is 46.6 Å². The summed E-state index contributed by atoms with van der Waals surface area (Å²) in [6, 6.07) is 9.36. The number of hydrogen-bond acceptors (Lipinski definition) is 4. The van der Waals surface area contributed by atoms with Gasteiger partial charge in [-0.3, -0.25) is 4.79 Å². The molecule has 0 saturated carbocycles. The lowest BCUT2D eigenvalue weighted by molar-refractivity contribution is -0.123. The molecule has 1 N–H and O–H groups in total. The zero-order valence-electron chi connectivity index (χ0n) is 14.5. The summed E-state index contributed by atoms with van der Waals surface area (Å²) in [5, 5.41) is 2.79. The number of hydrogen-bond donors (Lipinski definition) is 1. The van der Waals surface area contributed by atoms with Crippen LogP contribution in [0.4, 0.5) is 5.69 Å². The third-order valence-electron chi connectivity index (χ3n) is 3.80. The Morgan fingerprint density at radius 2 is 1.96 bits per heavy atom. The van der Waals surface area contributed by atoms with Crippen molar-refractivity contribution in [3.05, 3.63) is 51.2 Å². The van der Waals surface area contributed by atoms with Crippen LogP contribution in [0.2, 0.25) is 0 Å². The summed E-state index contributed by atoms with van der Waals surface area (Å²) >= 11 is 1.42. The molecule has 1 amide bonds. The van der Waals surface area contributed by atoms with Crippen LogP contribution < -0.4 is 5.32 Å². The number of para-hydroxylation sites is 1. The van der Waals surface area contributed by atoms with Gasteiger partial charge in [0.1, 0.15) is 4.88 Å². The Hall–Kier alpha value is -2.14. The van der Waals surface area contributed by atoms with E-state index in [1.54, 1.807) is 6.92 Å². The molecule has 0 aliphatic carbocycles. The Morgan fingerprint density at radius 3 is 2.62 bits per heavy atom. The van der Waals surface area contributed by atoms with Crippen molar-refractivity contribution in [2.75, 3.05) is 5.32 Å². The molecule has 1 aromatic heterocycles. The van der Waals surface area contributed by atoms with E-state index in [2.05, 4.69) is 12.2 Å². The molecular formula is C19H23NO3S. The highest BCUT2D eigenvalue weighted by molar-refractivity contribution is 7.14. The molecule has 1 aromatic carbocycles. The summed E-state index contributed by atoms with van der Waals surface area (Å²) in [6.07, 6.45) is 1.12. The number of anilines is 1. The number of carbonyl (C=O) groups is 2. The number of amides is 1. The smallest absolute Gasteiger partial charge is 0.349 e. The zero-order valence-corrected chi connectivity index (χ0v) is 15.3.